The van der Waals surface area contributed by atoms with Gasteiger partial charge in [0.15, 0.2) is 0 Å². The molecule has 2 aromatic carbocycles. The van der Waals surface area contributed by atoms with E-state index in [-0.39, 0.29) is 21.6 Å². The predicted octanol–water partition coefficient (Wildman–Crippen LogP) is 3.36. The number of amides is 1. The molecule has 0 saturated carbocycles. The largest absolute Gasteiger partial charge is 0.495 e. The summed E-state index contributed by atoms with van der Waals surface area (Å²) in [4.78, 5) is 12.5. The Hall–Kier alpha value is -3.13. The maximum atomic E-state index is 12.9. The number of rotatable bonds is 6. The molecule has 0 radical (unpaired) electrons. The normalized spacial score (nSPS) is 11.9. The molecular formula is C22H25N3O4S. The molecule has 0 spiro atoms. The van der Waals surface area contributed by atoms with Gasteiger partial charge in [0.25, 0.3) is 15.9 Å². The van der Waals surface area contributed by atoms with Crippen molar-refractivity contribution in [1.29, 1.82) is 0 Å². The van der Waals surface area contributed by atoms with E-state index >= 15 is 0 Å². The van der Waals surface area contributed by atoms with Crippen molar-refractivity contribution in [2.24, 2.45) is 0 Å². The van der Waals surface area contributed by atoms with Crippen LogP contribution in [0, 0.1) is 0 Å². The first-order valence-electron chi connectivity index (χ1n) is 9.42. The highest BCUT2D eigenvalue weighted by atomic mass is 32.2. The van der Waals surface area contributed by atoms with Crippen molar-refractivity contribution in [3.8, 4) is 5.75 Å². The van der Waals surface area contributed by atoms with Gasteiger partial charge < -0.3 is 4.74 Å². The summed E-state index contributed by atoms with van der Waals surface area (Å²) in [6.07, 6.45) is 3.53. The fourth-order valence-corrected chi connectivity index (χ4v) is 4.10. The molecule has 158 valence electrons. The number of methoxy groups -OCH3 is 1. The second kappa shape index (κ2) is 8.31. The van der Waals surface area contributed by atoms with Gasteiger partial charge in [-0.15, -0.1) is 0 Å². The second-order valence-corrected chi connectivity index (χ2v) is 9.60. The summed E-state index contributed by atoms with van der Waals surface area (Å²) >= 11 is 0. The molecule has 0 atom stereocenters. The second-order valence-electron chi connectivity index (χ2n) is 7.95. The molecule has 0 bridgehead atoms. The fourth-order valence-electron chi connectivity index (χ4n) is 2.93. The van der Waals surface area contributed by atoms with Crippen molar-refractivity contribution in [3.05, 3.63) is 77.6 Å². The van der Waals surface area contributed by atoms with Crippen LogP contribution in [0.15, 0.2) is 65.8 Å². The third-order valence-electron chi connectivity index (χ3n) is 4.67. The molecule has 3 aromatic rings. The maximum Gasteiger partial charge on any atom is 0.268 e. The van der Waals surface area contributed by atoms with Crippen LogP contribution < -0.4 is 9.46 Å². The molecule has 7 nitrogen and oxygen atoms in total. The third-order valence-corrected chi connectivity index (χ3v) is 6.02. The van der Waals surface area contributed by atoms with Crippen LogP contribution in [-0.4, -0.2) is 31.2 Å². The summed E-state index contributed by atoms with van der Waals surface area (Å²) in [5.41, 5.74) is 1.75. The first kappa shape index (κ1) is 21.6. The molecule has 1 amide bonds. The van der Waals surface area contributed by atoms with Crippen LogP contribution in [0.2, 0.25) is 0 Å². The van der Waals surface area contributed by atoms with Gasteiger partial charge >= 0.3 is 0 Å². The molecule has 8 heteroatoms. The summed E-state index contributed by atoms with van der Waals surface area (Å²) in [6.45, 7) is 6.50. The van der Waals surface area contributed by atoms with Crippen LogP contribution in [0.4, 0.5) is 0 Å². The number of carbonyl (C=O) groups excluding carboxylic acids is 1. The zero-order valence-corrected chi connectivity index (χ0v) is 18.2. The number of hydrogen-bond acceptors (Lipinski definition) is 5. The number of aromatic nitrogens is 2. The van der Waals surface area contributed by atoms with Gasteiger partial charge in [-0.05, 0) is 46.9 Å². The Balaban J connectivity index is 1.82. The Kier molecular flexibility index (Phi) is 5.98. The lowest BCUT2D eigenvalue weighted by Gasteiger charge is -2.21. The Morgan fingerprint density at radius 1 is 1.13 bits per heavy atom. The lowest BCUT2D eigenvalue weighted by Crippen LogP contribution is -2.31. The minimum absolute atomic E-state index is 0.0684. The smallest absolute Gasteiger partial charge is 0.268 e. The molecule has 30 heavy (non-hydrogen) atoms. The lowest BCUT2D eigenvalue weighted by atomic mass is 9.87. The fraction of sp³-hybridized carbons (Fsp3) is 0.273. The number of hydrogen-bond donors (Lipinski definition) is 1. The first-order valence-corrected chi connectivity index (χ1v) is 10.9. The van der Waals surface area contributed by atoms with Crippen molar-refractivity contribution in [1.82, 2.24) is 14.5 Å². The average Bonchev–Trinajstić information content (AvgIpc) is 3.20. The quantitative estimate of drug-likeness (QED) is 0.651. The predicted molar refractivity (Wildman–Crippen MR) is 114 cm³/mol. The summed E-state index contributed by atoms with van der Waals surface area (Å²) in [5.74, 6) is -0.526. The number of nitrogens with one attached hydrogen (secondary N) is 1. The van der Waals surface area contributed by atoms with Crippen molar-refractivity contribution >= 4 is 15.9 Å². The van der Waals surface area contributed by atoms with Crippen molar-refractivity contribution in [2.45, 2.75) is 37.6 Å². The Morgan fingerprint density at radius 3 is 2.40 bits per heavy atom. The highest BCUT2D eigenvalue weighted by Gasteiger charge is 2.25. The SMILES string of the molecule is COc1ccc(C(C)(C)C)cc1S(=O)(=O)NC(=O)c1ccc(Cn2cccn2)cc1. The minimum atomic E-state index is -4.12. The van der Waals surface area contributed by atoms with Gasteiger partial charge in [-0.25, -0.2) is 13.1 Å². The molecular weight excluding hydrogens is 402 g/mol. The van der Waals surface area contributed by atoms with Crippen LogP contribution in [0.3, 0.4) is 0 Å². The zero-order valence-electron chi connectivity index (χ0n) is 17.4. The highest BCUT2D eigenvalue weighted by Crippen LogP contribution is 2.30. The molecule has 0 aliphatic heterocycles. The minimum Gasteiger partial charge on any atom is -0.495 e. The Morgan fingerprint density at radius 2 is 1.83 bits per heavy atom. The molecule has 3 rings (SSSR count). The van der Waals surface area contributed by atoms with Crippen LogP contribution in [0.1, 0.15) is 42.3 Å². The van der Waals surface area contributed by atoms with E-state index in [0.717, 1.165) is 11.1 Å². The van der Waals surface area contributed by atoms with Gasteiger partial charge in [0.05, 0.1) is 13.7 Å². The Labute approximate surface area is 176 Å². The van der Waals surface area contributed by atoms with E-state index in [1.807, 2.05) is 39.1 Å². The molecule has 1 N–H and O–H groups in total. The van der Waals surface area contributed by atoms with Crippen molar-refractivity contribution in [3.63, 3.8) is 0 Å². The zero-order chi connectivity index (χ0) is 21.9. The van der Waals surface area contributed by atoms with Gasteiger partial charge in [0.1, 0.15) is 10.6 Å². The van der Waals surface area contributed by atoms with E-state index in [1.54, 1.807) is 47.3 Å². The lowest BCUT2D eigenvalue weighted by molar-refractivity contribution is 0.0981. The van der Waals surface area contributed by atoms with E-state index in [4.69, 9.17) is 4.74 Å². The molecule has 0 unspecified atom stereocenters. The molecule has 0 aliphatic carbocycles. The van der Waals surface area contributed by atoms with E-state index < -0.39 is 15.9 Å². The van der Waals surface area contributed by atoms with Crippen molar-refractivity contribution < 1.29 is 17.9 Å². The van der Waals surface area contributed by atoms with E-state index in [9.17, 15) is 13.2 Å². The van der Waals surface area contributed by atoms with Crippen LogP contribution in [0.25, 0.3) is 0 Å². The molecule has 0 aliphatic rings. The number of carbonyl (C=O) groups is 1. The molecule has 0 fully saturated rings. The van der Waals surface area contributed by atoms with Gasteiger partial charge in [0.2, 0.25) is 0 Å². The summed E-state index contributed by atoms with van der Waals surface area (Å²) < 4.78 is 35.0. The van der Waals surface area contributed by atoms with Crippen LogP contribution >= 0.6 is 0 Å². The van der Waals surface area contributed by atoms with Gasteiger partial charge in [-0.1, -0.05) is 39.0 Å². The number of benzene rings is 2. The summed E-state index contributed by atoms with van der Waals surface area (Å²) in [7, 11) is -2.73. The van der Waals surface area contributed by atoms with Gasteiger partial charge in [-0.2, -0.15) is 5.10 Å². The van der Waals surface area contributed by atoms with Gasteiger partial charge in [-0.3, -0.25) is 9.48 Å². The van der Waals surface area contributed by atoms with E-state index in [0.29, 0.717) is 6.54 Å². The van der Waals surface area contributed by atoms with Crippen LogP contribution in [0.5, 0.6) is 5.75 Å². The number of ether oxygens (including phenoxy) is 1. The van der Waals surface area contributed by atoms with Crippen molar-refractivity contribution in [2.75, 3.05) is 7.11 Å². The highest BCUT2D eigenvalue weighted by molar-refractivity contribution is 7.90. The van der Waals surface area contributed by atoms with Gasteiger partial charge in [0, 0.05) is 18.0 Å². The Bertz CT molecular complexity index is 1130. The van der Waals surface area contributed by atoms with E-state index in [1.165, 1.54) is 7.11 Å². The number of nitrogens with zero attached hydrogens (tertiary/aromatic N) is 2. The average molecular weight is 428 g/mol. The third kappa shape index (κ3) is 4.88. The molecule has 0 saturated heterocycles. The molecule has 1 heterocycles. The number of sulfonamides is 1. The van der Waals surface area contributed by atoms with E-state index in [2.05, 4.69) is 9.82 Å². The topological polar surface area (TPSA) is 90.3 Å². The summed E-state index contributed by atoms with van der Waals surface area (Å²) in [5, 5.41) is 4.14. The maximum absolute atomic E-state index is 12.9. The first-order chi connectivity index (χ1) is 14.1. The monoisotopic (exact) mass is 427 g/mol. The van der Waals surface area contributed by atoms with Crippen LogP contribution in [-0.2, 0) is 22.0 Å². The summed E-state index contributed by atoms with van der Waals surface area (Å²) in [6, 6.07) is 13.5. The molecule has 1 aromatic heterocycles. The standard InChI is InChI=1S/C22H25N3O4S/c1-22(2,3)18-10-11-19(29-4)20(14-18)30(27,28)24-21(26)17-8-6-16(7-9-17)15-25-13-5-12-23-25/h5-14H,15H2,1-4H3,(H,24,26).